The number of hydrogen-bond acceptors (Lipinski definition) is 24. The maximum absolute atomic E-state index is 15.3. The van der Waals surface area contributed by atoms with Gasteiger partial charge in [0.1, 0.15) is 84.8 Å². The third kappa shape index (κ3) is 38.4. The highest BCUT2D eigenvalue weighted by Crippen LogP contribution is 2.25. The summed E-state index contributed by atoms with van der Waals surface area (Å²) in [5.41, 5.74) is 31.6. The van der Waals surface area contributed by atoms with Gasteiger partial charge in [0.25, 0.3) is 0 Å². The minimum absolute atomic E-state index is 0.00257. The molecular weight excluding hydrogens is 1690 g/mol. The van der Waals surface area contributed by atoms with Gasteiger partial charge in [-0.1, -0.05) is 108 Å². The van der Waals surface area contributed by atoms with Gasteiger partial charge in [0, 0.05) is 25.9 Å². The second-order valence-electron chi connectivity index (χ2n) is 34.1. The van der Waals surface area contributed by atoms with Gasteiger partial charge >= 0.3 is 0 Å². The number of aldehydes is 1. The second-order valence-corrected chi connectivity index (χ2v) is 36.0. The predicted octanol–water partition coefficient (Wildman–Crippen LogP) is -1.47. The van der Waals surface area contributed by atoms with E-state index >= 15 is 9.59 Å². The van der Waals surface area contributed by atoms with Gasteiger partial charge in [-0.2, -0.15) is 23.5 Å². The van der Waals surface area contributed by atoms with Crippen molar-refractivity contribution in [1.29, 1.82) is 0 Å². The average Bonchev–Trinajstić information content (AvgIpc) is 1.63. The third-order valence-corrected chi connectivity index (χ3v) is 23.6. The molecule has 16 amide bonds. The van der Waals surface area contributed by atoms with Crippen molar-refractivity contribution in [2.45, 2.75) is 294 Å². The van der Waals surface area contributed by atoms with Gasteiger partial charge in [-0.15, -0.1) is 0 Å². The molecule has 0 spiro atoms. The molecule has 128 heavy (non-hydrogen) atoms. The summed E-state index contributed by atoms with van der Waals surface area (Å²) in [7, 11) is 0. The van der Waals surface area contributed by atoms with Gasteiger partial charge in [-0.05, 0) is 202 Å². The molecule has 0 aromatic heterocycles. The van der Waals surface area contributed by atoms with Crippen LogP contribution < -0.4 is 97.8 Å². The largest absolute Gasteiger partial charge is 0.391 e. The number of carbonyl (C=O) groups excluding carboxylic acids is 17. The van der Waals surface area contributed by atoms with E-state index < -0.39 is 210 Å². The first kappa shape index (κ1) is 110. The number of rotatable bonds is 60. The summed E-state index contributed by atoms with van der Waals surface area (Å²) in [6.45, 7) is 15.4. The van der Waals surface area contributed by atoms with Crippen molar-refractivity contribution in [3.8, 4) is 0 Å². The number of nitrogens with two attached hydrogens (primary N) is 5. The molecule has 24 N–H and O–H groups in total. The lowest BCUT2D eigenvalue weighted by molar-refractivity contribution is -0.145. The van der Waals surface area contributed by atoms with Crippen LogP contribution in [-0.4, -0.2) is 276 Å². The molecule has 4 rings (SSSR count). The Kier molecular flexibility index (Phi) is 50.6. The van der Waals surface area contributed by atoms with Gasteiger partial charge in [0.15, 0.2) is 0 Å². The van der Waals surface area contributed by atoms with E-state index in [0.29, 0.717) is 80.3 Å². The summed E-state index contributed by atoms with van der Waals surface area (Å²) in [6, 6.07) is -3.51. The van der Waals surface area contributed by atoms with Gasteiger partial charge in [0.05, 0.1) is 31.2 Å². The number of hydrogen-bond donors (Lipinski definition) is 19. The van der Waals surface area contributed by atoms with Gasteiger partial charge in [-0.3, -0.25) is 76.7 Å². The first-order valence-electron chi connectivity index (χ1n) is 44.7. The topological polar surface area (TPSA) is 603 Å². The monoisotopic (exact) mass is 1830 g/mol. The fourth-order valence-electron chi connectivity index (χ4n) is 14.9. The fourth-order valence-corrected chi connectivity index (χ4v) is 15.8. The van der Waals surface area contributed by atoms with E-state index in [1.165, 1.54) is 42.3 Å². The number of benzene rings is 2. The third-order valence-electron chi connectivity index (χ3n) is 22.3. The van der Waals surface area contributed by atoms with Crippen LogP contribution in [0.5, 0.6) is 0 Å². The first-order chi connectivity index (χ1) is 60.8. The van der Waals surface area contributed by atoms with Crippen molar-refractivity contribution in [3.05, 3.63) is 71.3 Å². The van der Waals surface area contributed by atoms with E-state index in [-0.39, 0.29) is 122 Å². The highest BCUT2D eigenvalue weighted by molar-refractivity contribution is 7.98. The Hall–Kier alpha value is -9.87. The van der Waals surface area contributed by atoms with E-state index in [1.807, 2.05) is 40.9 Å². The van der Waals surface area contributed by atoms with Crippen LogP contribution >= 0.6 is 23.5 Å². The lowest BCUT2D eigenvalue weighted by atomic mass is 9.96. The molecule has 2 aromatic rings. The molecule has 0 radical (unpaired) electrons. The molecular formula is C88H144N20O18S2. The number of likely N-dealkylation sites (tertiary alicyclic amines) is 2. The number of carbonyl (C=O) groups is 17. The van der Waals surface area contributed by atoms with E-state index in [4.69, 9.17) is 28.7 Å². The lowest BCUT2D eigenvalue weighted by Crippen LogP contribution is -2.61. The average molecular weight is 1830 g/mol. The predicted molar refractivity (Wildman–Crippen MR) is 489 cm³/mol. The summed E-state index contributed by atoms with van der Waals surface area (Å²) in [5, 5.41) is 45.7. The van der Waals surface area contributed by atoms with Crippen LogP contribution in [0.3, 0.4) is 0 Å². The number of nitrogens with one attached hydrogen (secondary N) is 13. The zero-order chi connectivity index (χ0) is 95.3. The molecule has 17 unspecified atom stereocenters. The Bertz CT molecular complexity index is 3950. The molecule has 0 aliphatic carbocycles. The van der Waals surface area contributed by atoms with E-state index in [2.05, 4.69) is 69.1 Å². The summed E-state index contributed by atoms with van der Waals surface area (Å²) in [6.07, 6.45) is 6.00. The maximum atomic E-state index is 15.3. The Labute approximate surface area is 760 Å². The number of aliphatic hydroxyl groups excluding tert-OH is 1. The Balaban J connectivity index is 1.57. The van der Waals surface area contributed by atoms with E-state index in [9.17, 15) is 77.0 Å². The van der Waals surface area contributed by atoms with Crippen LogP contribution in [0.4, 0.5) is 0 Å². The number of aryl methyl sites for hydroxylation is 1. The zero-order valence-corrected chi connectivity index (χ0v) is 77.9. The molecule has 38 nitrogen and oxygen atoms in total. The van der Waals surface area contributed by atoms with Gasteiger partial charge < -0.3 is 117 Å². The molecule has 0 bridgehead atoms. The van der Waals surface area contributed by atoms with Crippen molar-refractivity contribution in [2.24, 2.45) is 46.4 Å². The molecule has 716 valence electrons. The zero-order valence-electron chi connectivity index (χ0n) is 76.2. The molecule has 2 fully saturated rings. The summed E-state index contributed by atoms with van der Waals surface area (Å²) in [5.74, 6) is -12.3. The molecule has 40 heteroatoms. The summed E-state index contributed by atoms with van der Waals surface area (Å²) < 4.78 is 0. The van der Waals surface area contributed by atoms with Crippen molar-refractivity contribution >= 4 is 124 Å². The molecule has 0 saturated carbocycles. The number of amides is 16. The van der Waals surface area contributed by atoms with Crippen molar-refractivity contribution in [3.63, 3.8) is 0 Å². The number of nitrogens with zero attached hydrogens (tertiary/aromatic N) is 2. The van der Waals surface area contributed by atoms with Crippen molar-refractivity contribution in [1.82, 2.24) is 78.9 Å². The van der Waals surface area contributed by atoms with Crippen LogP contribution in [0.2, 0.25) is 0 Å². The number of aliphatic hydroxyl groups is 1. The fraction of sp³-hybridized carbons (Fsp3) is 0.670. The van der Waals surface area contributed by atoms with Crippen LogP contribution in [0.25, 0.3) is 0 Å². The second kappa shape index (κ2) is 58.6. The van der Waals surface area contributed by atoms with Crippen LogP contribution in [0, 0.1) is 24.7 Å². The molecule has 2 aromatic carbocycles. The molecule has 2 saturated heterocycles. The quantitative estimate of drug-likeness (QED) is 0.0266. The molecule has 17 atom stereocenters. The van der Waals surface area contributed by atoms with Crippen LogP contribution in [-0.2, 0) is 94.3 Å². The van der Waals surface area contributed by atoms with Gasteiger partial charge in [0.2, 0.25) is 94.5 Å². The number of unbranched alkanes of at least 4 members (excludes halogenated alkanes) is 3. The standard InChI is InChI=1S/C88H144N20O18S2/c1-12-54(7)73(105-80(118)64(36-43-128-11)97-72(112)49-94-77(115)61(26-16-19-37-89)98-75(113)55(8)95-81(119)65(45-52(4)5)101-76(114)60(92)35-42-127-10)85(123)100-63(28-18-21-39-91)78(116)99-62(27-17-20-38-90)79(117)103-67(47-57-24-14-13-15-25-57)87(125)107-40-23-30-70(107)84(122)104-68(48-71(93)111)88(126)108-41-22-29-69(108)83(121)102-66(46-58-33-31-53(6)32-34-58)82(120)106-74(56(9)110)86(124)96-59(50-109)44-51(2)3/h13-15,24-25,31-34,50-52,54-56,59-70,73-74,110H,12,16-23,26-30,35-49,89-92H2,1-11H3,(H2,93,111)(H,94,115)(H,95,119)(H,96,124)(H,97,112)(H,98,113)(H,99,116)(H,100,123)(H,101,114)(H,102,121)(H,103,117)(H,104,122)(H,105,118)(H,106,120). The highest BCUT2D eigenvalue weighted by atomic mass is 32.2. The lowest BCUT2D eigenvalue weighted by Gasteiger charge is -2.32. The van der Waals surface area contributed by atoms with Crippen LogP contribution in [0.1, 0.15) is 194 Å². The molecule has 2 heterocycles. The SMILES string of the molecule is CCC(C)C(NC(=O)C(CCSC)NC(=O)CNC(=O)C(CCCCN)NC(=O)C(C)NC(=O)C(CC(C)C)NC(=O)C(N)CCSC)C(=O)NC(CCCCN)C(=O)NC(CCCCN)C(=O)NC(Cc1ccccc1)C(=O)N1CCCC1C(=O)NC(CC(N)=O)C(=O)N1CCCC1C(=O)NC(Cc1ccc(C)cc1)C(=O)NC(C(=O)NC(C=O)CC(C)C)C(C)O. The maximum Gasteiger partial charge on any atom is 0.246 e. The van der Waals surface area contributed by atoms with E-state index in [0.717, 1.165) is 10.5 Å². The van der Waals surface area contributed by atoms with Crippen molar-refractivity contribution < 1.29 is 86.6 Å². The highest BCUT2D eigenvalue weighted by Gasteiger charge is 2.45. The number of primary amides is 1. The summed E-state index contributed by atoms with van der Waals surface area (Å²) in [4.78, 5) is 242. The minimum Gasteiger partial charge on any atom is -0.391 e. The first-order valence-corrected chi connectivity index (χ1v) is 47.5. The molecule has 2 aliphatic heterocycles. The van der Waals surface area contributed by atoms with Gasteiger partial charge in [-0.25, -0.2) is 0 Å². The van der Waals surface area contributed by atoms with Crippen LogP contribution in [0.15, 0.2) is 54.6 Å². The Morgan fingerprint density at radius 1 is 0.469 bits per heavy atom. The van der Waals surface area contributed by atoms with E-state index in [1.54, 1.807) is 74.7 Å². The molecule has 2 aliphatic rings. The minimum atomic E-state index is -1.68. The number of thioether (sulfide) groups is 2. The Morgan fingerprint density at radius 2 is 0.906 bits per heavy atom. The smallest absolute Gasteiger partial charge is 0.246 e. The normalized spacial score (nSPS) is 17.2. The van der Waals surface area contributed by atoms with Crippen molar-refractivity contribution in [2.75, 3.05) is 63.3 Å². The Morgan fingerprint density at radius 3 is 1.41 bits per heavy atom. The summed E-state index contributed by atoms with van der Waals surface area (Å²) >= 11 is 2.89.